The Kier molecular flexibility index (Phi) is 7.06. The molecule has 2 heterocycles. The van der Waals surface area contributed by atoms with Gasteiger partial charge in [0.05, 0.1) is 11.6 Å². The Morgan fingerprint density at radius 2 is 2.00 bits per heavy atom. The van der Waals surface area contributed by atoms with Crippen molar-refractivity contribution in [1.82, 2.24) is 10.2 Å². The van der Waals surface area contributed by atoms with E-state index < -0.39 is 5.91 Å². The Bertz CT molecular complexity index is 786. The summed E-state index contributed by atoms with van der Waals surface area (Å²) < 4.78 is 5.38. The first-order chi connectivity index (χ1) is 13.5. The lowest BCUT2D eigenvalue weighted by Gasteiger charge is -2.36. The first-order valence-corrected chi connectivity index (χ1v) is 10.5. The van der Waals surface area contributed by atoms with Crippen LogP contribution in [0, 0.1) is 5.92 Å². The van der Waals surface area contributed by atoms with E-state index in [0.717, 1.165) is 19.0 Å². The van der Waals surface area contributed by atoms with Crippen molar-refractivity contribution in [3.63, 3.8) is 0 Å². The van der Waals surface area contributed by atoms with E-state index in [2.05, 4.69) is 28.6 Å². The maximum absolute atomic E-state index is 12.8. The summed E-state index contributed by atoms with van der Waals surface area (Å²) in [6, 6.07) is 11.2. The second kappa shape index (κ2) is 9.71. The number of benzene rings is 1. The fourth-order valence-corrected chi connectivity index (χ4v) is 4.31. The van der Waals surface area contributed by atoms with Crippen molar-refractivity contribution >= 4 is 23.2 Å². The minimum absolute atomic E-state index is 0.162. The third-order valence-electron chi connectivity index (χ3n) is 5.09. The molecule has 0 spiro atoms. The normalized spacial score (nSPS) is 16.5. The Balaban J connectivity index is 1.68. The number of likely N-dealkylation sites (tertiary alicyclic amines) is 1. The number of para-hydroxylation sites is 1. The molecule has 3 rings (SSSR count). The zero-order valence-corrected chi connectivity index (χ0v) is 16.9. The molecular weight excluding hydrogens is 374 g/mol. The summed E-state index contributed by atoms with van der Waals surface area (Å²) in [5, 5.41) is 5.13. The van der Waals surface area contributed by atoms with Gasteiger partial charge in [0.1, 0.15) is 5.75 Å². The van der Waals surface area contributed by atoms with Gasteiger partial charge in [0.2, 0.25) is 0 Å². The number of primary amides is 1. The number of hydrogen-bond acceptors (Lipinski definition) is 5. The Morgan fingerprint density at radius 1 is 1.25 bits per heavy atom. The topological polar surface area (TPSA) is 84.7 Å². The maximum atomic E-state index is 12.8. The fourth-order valence-electron chi connectivity index (χ4n) is 3.44. The van der Waals surface area contributed by atoms with Gasteiger partial charge in [-0.25, -0.2) is 0 Å². The van der Waals surface area contributed by atoms with E-state index in [1.54, 1.807) is 35.6 Å². The molecule has 2 aromatic rings. The van der Waals surface area contributed by atoms with Gasteiger partial charge in [-0.05, 0) is 55.4 Å². The van der Waals surface area contributed by atoms with Crippen LogP contribution in [0.5, 0.6) is 5.75 Å². The number of hydrogen-bond donors (Lipinski definition) is 2. The molecule has 3 N–H and O–H groups in total. The molecule has 0 aliphatic carbocycles. The third kappa shape index (κ3) is 5.33. The third-order valence-corrected chi connectivity index (χ3v) is 6.06. The van der Waals surface area contributed by atoms with Crippen LogP contribution in [0.1, 0.15) is 41.0 Å². The van der Waals surface area contributed by atoms with Crippen molar-refractivity contribution in [3.05, 3.63) is 52.2 Å². The number of carbonyl (C=O) groups excluding carboxylic acids is 2. The minimum Gasteiger partial charge on any atom is -0.483 e. The van der Waals surface area contributed by atoms with Crippen LogP contribution in [0.3, 0.4) is 0 Å². The van der Waals surface area contributed by atoms with Crippen molar-refractivity contribution in [3.8, 4) is 5.75 Å². The Morgan fingerprint density at radius 3 is 2.68 bits per heavy atom. The average molecular weight is 402 g/mol. The minimum atomic E-state index is -0.577. The van der Waals surface area contributed by atoms with Crippen LogP contribution >= 0.6 is 11.3 Å². The van der Waals surface area contributed by atoms with Gasteiger partial charge in [0.15, 0.2) is 6.61 Å². The second-order valence-corrected chi connectivity index (χ2v) is 8.19. The molecule has 28 heavy (non-hydrogen) atoms. The molecule has 1 fully saturated rings. The molecule has 1 aliphatic rings. The highest BCUT2D eigenvalue weighted by molar-refractivity contribution is 7.10. The highest BCUT2D eigenvalue weighted by Crippen LogP contribution is 2.29. The molecule has 0 saturated carbocycles. The number of amides is 2. The van der Waals surface area contributed by atoms with E-state index in [4.69, 9.17) is 10.5 Å². The number of piperidine rings is 1. The number of ether oxygens (including phenoxy) is 1. The smallest absolute Gasteiger partial charge is 0.255 e. The van der Waals surface area contributed by atoms with Crippen LogP contribution < -0.4 is 15.8 Å². The summed E-state index contributed by atoms with van der Waals surface area (Å²) in [5.74, 6) is 0.321. The van der Waals surface area contributed by atoms with Crippen LogP contribution in [0.15, 0.2) is 41.8 Å². The number of nitrogens with zero attached hydrogens (tertiary/aromatic N) is 1. The summed E-state index contributed by atoms with van der Waals surface area (Å²) in [6.07, 6.45) is 2.36. The molecule has 1 aromatic heterocycles. The molecule has 2 amide bonds. The first kappa shape index (κ1) is 20.4. The zero-order valence-electron chi connectivity index (χ0n) is 16.1. The van der Waals surface area contributed by atoms with Gasteiger partial charge in [-0.15, -0.1) is 11.3 Å². The van der Waals surface area contributed by atoms with Gasteiger partial charge >= 0.3 is 0 Å². The fraction of sp³-hybridized carbons (Fsp3) is 0.429. The predicted octanol–water partition coefficient (Wildman–Crippen LogP) is 2.82. The van der Waals surface area contributed by atoms with Crippen molar-refractivity contribution in [2.75, 3.05) is 26.2 Å². The molecule has 0 unspecified atom stereocenters. The molecule has 1 aliphatic heterocycles. The molecule has 1 atom stereocenters. The quantitative estimate of drug-likeness (QED) is 0.712. The first-order valence-electron chi connectivity index (χ1n) is 9.60. The molecule has 6 nitrogen and oxygen atoms in total. The summed E-state index contributed by atoms with van der Waals surface area (Å²) in [7, 11) is 0. The van der Waals surface area contributed by atoms with Gasteiger partial charge < -0.3 is 15.8 Å². The van der Waals surface area contributed by atoms with Gasteiger partial charge in [0, 0.05) is 11.4 Å². The maximum Gasteiger partial charge on any atom is 0.255 e. The summed E-state index contributed by atoms with van der Waals surface area (Å²) >= 11 is 1.72. The van der Waals surface area contributed by atoms with Gasteiger partial charge in [0.25, 0.3) is 11.8 Å². The average Bonchev–Trinajstić information content (AvgIpc) is 3.22. The van der Waals surface area contributed by atoms with Crippen LogP contribution in [-0.4, -0.2) is 43.0 Å². The number of thiophene rings is 1. The molecule has 150 valence electrons. The Labute approximate surface area is 169 Å². The largest absolute Gasteiger partial charge is 0.483 e. The monoisotopic (exact) mass is 401 g/mol. The summed E-state index contributed by atoms with van der Waals surface area (Å²) in [4.78, 5) is 27.5. The van der Waals surface area contributed by atoms with Crippen molar-refractivity contribution in [1.29, 1.82) is 0 Å². The lowest BCUT2D eigenvalue weighted by atomic mass is 9.97. The number of nitrogens with two attached hydrogens (primary N) is 1. The van der Waals surface area contributed by atoms with E-state index in [1.165, 1.54) is 17.7 Å². The molecule has 0 bridgehead atoms. The lowest BCUT2D eigenvalue weighted by Crippen LogP contribution is -2.41. The van der Waals surface area contributed by atoms with Crippen molar-refractivity contribution < 1.29 is 14.3 Å². The molecule has 1 aromatic carbocycles. The van der Waals surface area contributed by atoms with Gasteiger partial charge in [-0.1, -0.05) is 25.1 Å². The van der Waals surface area contributed by atoms with Crippen LogP contribution in [-0.2, 0) is 4.79 Å². The highest BCUT2D eigenvalue weighted by Gasteiger charge is 2.26. The van der Waals surface area contributed by atoms with Crippen LogP contribution in [0.2, 0.25) is 0 Å². The van der Waals surface area contributed by atoms with E-state index in [1.807, 2.05) is 6.07 Å². The standard InChI is InChI=1S/C21H27N3O3S/c1-15-8-10-24(11-9-15)17(19-7-4-12-28-19)13-23-21(26)16-5-2-3-6-18(16)27-14-20(22)25/h2-7,12,15,17H,8-11,13-14H2,1H3,(H2,22,25)(H,23,26)/t17-/m1/s1. The number of rotatable bonds is 8. The second-order valence-electron chi connectivity index (χ2n) is 7.21. The van der Waals surface area contributed by atoms with Crippen LogP contribution in [0.4, 0.5) is 0 Å². The van der Waals surface area contributed by atoms with Crippen molar-refractivity contribution in [2.45, 2.75) is 25.8 Å². The molecule has 0 radical (unpaired) electrons. The summed E-state index contributed by atoms with van der Waals surface area (Å²) in [5.41, 5.74) is 5.55. The van der Waals surface area contributed by atoms with Crippen molar-refractivity contribution in [2.24, 2.45) is 11.7 Å². The molecular formula is C21H27N3O3S. The lowest BCUT2D eigenvalue weighted by molar-refractivity contribution is -0.119. The SMILES string of the molecule is CC1CCN([C@H](CNC(=O)c2ccccc2OCC(N)=O)c2cccs2)CC1. The molecule has 1 saturated heterocycles. The Hall–Kier alpha value is -2.38. The summed E-state index contributed by atoms with van der Waals surface area (Å²) in [6.45, 7) is 4.64. The van der Waals surface area contributed by atoms with E-state index in [9.17, 15) is 9.59 Å². The number of nitrogens with one attached hydrogen (secondary N) is 1. The van der Waals surface area contributed by atoms with Gasteiger partial charge in [-0.2, -0.15) is 0 Å². The van der Waals surface area contributed by atoms with E-state index >= 15 is 0 Å². The highest BCUT2D eigenvalue weighted by atomic mass is 32.1. The number of carbonyl (C=O) groups is 2. The van der Waals surface area contributed by atoms with E-state index in [-0.39, 0.29) is 18.6 Å². The predicted molar refractivity (Wildman–Crippen MR) is 110 cm³/mol. The molecule has 7 heteroatoms. The zero-order chi connectivity index (χ0) is 19.9. The van der Waals surface area contributed by atoms with Gasteiger partial charge in [-0.3, -0.25) is 14.5 Å². The van der Waals surface area contributed by atoms with Crippen LogP contribution in [0.25, 0.3) is 0 Å². The van der Waals surface area contributed by atoms with E-state index in [0.29, 0.717) is 17.9 Å².